The fourth-order valence-corrected chi connectivity index (χ4v) is 1.15. The summed E-state index contributed by atoms with van der Waals surface area (Å²) in [5.74, 6) is 0. The van der Waals surface area contributed by atoms with Gasteiger partial charge in [-0.3, -0.25) is 0 Å². The van der Waals surface area contributed by atoms with Gasteiger partial charge in [0.05, 0.1) is 17.4 Å². The molecule has 1 rings (SSSR count). The standard InChI is InChI=1S/C11H15N3O/c1-2-10(15)7-14-9-4-3-8(6-12)11(13)5-9/h3-5,10,14-15H,2,7,13H2,1H3. The first-order valence-electron chi connectivity index (χ1n) is 4.89. The molecule has 0 aliphatic carbocycles. The van der Waals surface area contributed by atoms with Crippen molar-refractivity contribution in [1.82, 2.24) is 0 Å². The van der Waals surface area contributed by atoms with E-state index in [2.05, 4.69) is 5.32 Å². The van der Waals surface area contributed by atoms with Crippen molar-refractivity contribution in [3.63, 3.8) is 0 Å². The summed E-state index contributed by atoms with van der Waals surface area (Å²) in [5.41, 5.74) is 7.39. The van der Waals surface area contributed by atoms with Crippen LogP contribution in [0.1, 0.15) is 18.9 Å². The molecule has 0 spiro atoms. The molecule has 1 unspecified atom stereocenters. The maximum Gasteiger partial charge on any atom is 0.101 e. The summed E-state index contributed by atoms with van der Waals surface area (Å²) in [4.78, 5) is 0. The molecule has 0 heterocycles. The van der Waals surface area contributed by atoms with E-state index in [9.17, 15) is 5.11 Å². The summed E-state index contributed by atoms with van der Waals surface area (Å²) in [5, 5.41) is 21.1. The highest BCUT2D eigenvalue weighted by Gasteiger charge is 2.02. The summed E-state index contributed by atoms with van der Waals surface area (Å²) in [6.07, 6.45) is 0.348. The number of nitrogen functional groups attached to an aromatic ring is 1. The predicted molar refractivity (Wildman–Crippen MR) is 60.4 cm³/mol. The number of rotatable bonds is 4. The predicted octanol–water partition coefficient (Wildman–Crippen LogP) is 1.32. The van der Waals surface area contributed by atoms with Crippen molar-refractivity contribution >= 4 is 11.4 Å². The number of nitrogens with two attached hydrogens (primary N) is 1. The second kappa shape index (κ2) is 5.23. The zero-order chi connectivity index (χ0) is 11.3. The first-order chi connectivity index (χ1) is 7.17. The Bertz CT molecular complexity index is 371. The van der Waals surface area contributed by atoms with Gasteiger partial charge in [-0.2, -0.15) is 5.26 Å². The number of anilines is 2. The van der Waals surface area contributed by atoms with Crippen molar-refractivity contribution in [1.29, 1.82) is 5.26 Å². The quantitative estimate of drug-likeness (QED) is 0.647. The molecule has 0 amide bonds. The topological polar surface area (TPSA) is 82.1 Å². The van der Waals surface area contributed by atoms with E-state index in [1.54, 1.807) is 18.2 Å². The van der Waals surface area contributed by atoms with E-state index < -0.39 is 0 Å². The van der Waals surface area contributed by atoms with Crippen LogP contribution < -0.4 is 11.1 Å². The van der Waals surface area contributed by atoms with Crippen molar-refractivity contribution in [2.75, 3.05) is 17.6 Å². The van der Waals surface area contributed by atoms with E-state index in [1.165, 1.54) is 0 Å². The summed E-state index contributed by atoms with van der Waals surface area (Å²) < 4.78 is 0. The van der Waals surface area contributed by atoms with Crippen molar-refractivity contribution in [2.24, 2.45) is 0 Å². The molecule has 0 saturated carbocycles. The molecule has 1 aromatic carbocycles. The normalized spacial score (nSPS) is 11.8. The average Bonchev–Trinajstić information content (AvgIpc) is 2.26. The molecule has 1 atom stereocenters. The van der Waals surface area contributed by atoms with Gasteiger partial charge in [-0.15, -0.1) is 0 Å². The minimum atomic E-state index is -0.359. The Morgan fingerprint density at radius 3 is 2.87 bits per heavy atom. The van der Waals surface area contributed by atoms with E-state index in [0.29, 0.717) is 24.2 Å². The van der Waals surface area contributed by atoms with Crippen LogP contribution >= 0.6 is 0 Å². The largest absolute Gasteiger partial charge is 0.398 e. The molecular formula is C11H15N3O. The molecule has 0 aliphatic rings. The third kappa shape index (κ3) is 3.15. The summed E-state index contributed by atoms with van der Waals surface area (Å²) in [7, 11) is 0. The highest BCUT2D eigenvalue weighted by molar-refractivity contribution is 5.62. The lowest BCUT2D eigenvalue weighted by Gasteiger charge is -2.11. The van der Waals surface area contributed by atoms with Crippen molar-refractivity contribution in [3.8, 4) is 6.07 Å². The molecule has 0 saturated heterocycles. The van der Waals surface area contributed by atoms with Crippen molar-refractivity contribution in [2.45, 2.75) is 19.4 Å². The lowest BCUT2D eigenvalue weighted by molar-refractivity contribution is 0.183. The van der Waals surface area contributed by atoms with Gasteiger partial charge in [0.1, 0.15) is 6.07 Å². The zero-order valence-electron chi connectivity index (χ0n) is 8.70. The number of nitrogens with one attached hydrogen (secondary N) is 1. The molecule has 0 aliphatic heterocycles. The van der Waals surface area contributed by atoms with E-state index in [4.69, 9.17) is 11.0 Å². The molecule has 4 N–H and O–H groups in total. The van der Waals surface area contributed by atoms with E-state index in [1.807, 2.05) is 13.0 Å². The molecule has 1 aromatic rings. The van der Waals surface area contributed by atoms with Crippen LogP contribution in [0.2, 0.25) is 0 Å². The zero-order valence-corrected chi connectivity index (χ0v) is 8.70. The van der Waals surface area contributed by atoms with E-state index in [-0.39, 0.29) is 6.10 Å². The number of hydrogen-bond donors (Lipinski definition) is 3. The highest BCUT2D eigenvalue weighted by atomic mass is 16.3. The second-order valence-electron chi connectivity index (χ2n) is 3.36. The number of nitrogens with zero attached hydrogens (tertiary/aromatic N) is 1. The molecule has 0 aromatic heterocycles. The number of aliphatic hydroxyl groups is 1. The SMILES string of the molecule is CCC(O)CNc1ccc(C#N)c(N)c1. The van der Waals surface area contributed by atoms with Crippen LogP contribution in [0.15, 0.2) is 18.2 Å². The lowest BCUT2D eigenvalue weighted by Crippen LogP contribution is -2.18. The van der Waals surface area contributed by atoms with Gasteiger partial charge in [-0.25, -0.2) is 0 Å². The number of benzene rings is 1. The summed E-state index contributed by atoms with van der Waals surface area (Å²) in [6, 6.07) is 7.13. The summed E-state index contributed by atoms with van der Waals surface area (Å²) >= 11 is 0. The van der Waals surface area contributed by atoms with Crippen molar-refractivity contribution in [3.05, 3.63) is 23.8 Å². The Balaban J connectivity index is 2.64. The van der Waals surface area contributed by atoms with Crippen LogP contribution in [-0.4, -0.2) is 17.8 Å². The molecule has 80 valence electrons. The number of aliphatic hydroxyl groups excluding tert-OH is 1. The first kappa shape index (κ1) is 11.3. The Morgan fingerprint density at radius 2 is 2.33 bits per heavy atom. The Hall–Kier alpha value is -1.73. The van der Waals surface area contributed by atoms with Gasteiger partial charge in [-0.05, 0) is 24.6 Å². The van der Waals surface area contributed by atoms with Gasteiger partial charge in [0.2, 0.25) is 0 Å². The van der Waals surface area contributed by atoms with Crippen LogP contribution in [-0.2, 0) is 0 Å². The molecule has 0 radical (unpaired) electrons. The second-order valence-corrected chi connectivity index (χ2v) is 3.36. The van der Waals surface area contributed by atoms with Crippen LogP contribution in [0, 0.1) is 11.3 Å². The van der Waals surface area contributed by atoms with Gasteiger partial charge in [-0.1, -0.05) is 6.92 Å². The maximum absolute atomic E-state index is 9.34. The van der Waals surface area contributed by atoms with Gasteiger partial charge < -0.3 is 16.2 Å². The molecule has 4 nitrogen and oxygen atoms in total. The van der Waals surface area contributed by atoms with Crippen LogP contribution in [0.4, 0.5) is 11.4 Å². The Labute approximate surface area is 89.3 Å². The van der Waals surface area contributed by atoms with Crippen LogP contribution in [0.25, 0.3) is 0 Å². The minimum absolute atomic E-state index is 0.359. The lowest BCUT2D eigenvalue weighted by atomic mass is 10.1. The van der Waals surface area contributed by atoms with Gasteiger partial charge in [0.15, 0.2) is 0 Å². The Kier molecular flexibility index (Phi) is 3.95. The number of nitriles is 1. The fourth-order valence-electron chi connectivity index (χ4n) is 1.15. The average molecular weight is 205 g/mol. The van der Waals surface area contributed by atoms with Crippen LogP contribution in [0.5, 0.6) is 0 Å². The maximum atomic E-state index is 9.34. The fraction of sp³-hybridized carbons (Fsp3) is 0.364. The van der Waals surface area contributed by atoms with Gasteiger partial charge in [0.25, 0.3) is 0 Å². The van der Waals surface area contributed by atoms with E-state index in [0.717, 1.165) is 5.69 Å². The van der Waals surface area contributed by atoms with Crippen molar-refractivity contribution < 1.29 is 5.11 Å². The third-order valence-electron chi connectivity index (χ3n) is 2.19. The molecule has 0 bridgehead atoms. The Morgan fingerprint density at radius 1 is 1.60 bits per heavy atom. The monoisotopic (exact) mass is 205 g/mol. The van der Waals surface area contributed by atoms with Crippen LogP contribution in [0.3, 0.4) is 0 Å². The minimum Gasteiger partial charge on any atom is -0.398 e. The smallest absolute Gasteiger partial charge is 0.101 e. The van der Waals surface area contributed by atoms with E-state index >= 15 is 0 Å². The molecule has 0 fully saturated rings. The molecule has 4 heteroatoms. The van der Waals surface area contributed by atoms with Gasteiger partial charge >= 0.3 is 0 Å². The van der Waals surface area contributed by atoms with Gasteiger partial charge in [0, 0.05) is 12.2 Å². The summed E-state index contributed by atoms with van der Waals surface area (Å²) in [6.45, 7) is 2.40. The highest BCUT2D eigenvalue weighted by Crippen LogP contribution is 2.17. The third-order valence-corrected chi connectivity index (χ3v) is 2.19. The number of hydrogen-bond acceptors (Lipinski definition) is 4. The first-order valence-corrected chi connectivity index (χ1v) is 4.89. The molecular weight excluding hydrogens is 190 g/mol. The molecule has 15 heavy (non-hydrogen) atoms.